The van der Waals surface area contributed by atoms with Crippen LogP contribution in [0.2, 0.25) is 0 Å². The average molecular weight is 568 g/mol. The zero-order valence-corrected chi connectivity index (χ0v) is 22.9. The van der Waals surface area contributed by atoms with E-state index in [1.165, 1.54) is 6.07 Å². The highest BCUT2D eigenvalue weighted by atomic mass is 16.6. The maximum absolute atomic E-state index is 13.6. The van der Waals surface area contributed by atoms with E-state index in [4.69, 9.17) is 19.3 Å². The Labute approximate surface area is 236 Å². The van der Waals surface area contributed by atoms with Crippen molar-refractivity contribution in [1.29, 1.82) is 0 Å². The number of nitrogens with zero attached hydrogens (tertiary/aromatic N) is 1. The number of carbonyl (C=O) groups excluding carboxylic acids is 2. The van der Waals surface area contributed by atoms with Crippen molar-refractivity contribution in [3.63, 3.8) is 0 Å². The van der Waals surface area contributed by atoms with Crippen molar-refractivity contribution in [2.24, 2.45) is 0 Å². The van der Waals surface area contributed by atoms with Crippen LogP contribution in [0.5, 0.6) is 11.5 Å². The number of aryl methyl sites for hydroxylation is 1. The molecule has 0 aromatic heterocycles. The zero-order chi connectivity index (χ0) is 29.7. The third-order valence-electron chi connectivity index (χ3n) is 8.76. The molecule has 6 atom stereocenters. The Bertz CT molecular complexity index is 1410. The largest absolute Gasteiger partial charge is 0.504 e. The molecule has 2 heterocycles. The predicted molar refractivity (Wildman–Crippen MR) is 143 cm³/mol. The van der Waals surface area contributed by atoms with Crippen LogP contribution >= 0.6 is 0 Å². The van der Waals surface area contributed by atoms with E-state index < -0.39 is 53.7 Å². The molecule has 1 saturated heterocycles. The molecule has 41 heavy (non-hydrogen) atoms. The summed E-state index contributed by atoms with van der Waals surface area (Å²) in [4.78, 5) is 39.2. The van der Waals surface area contributed by atoms with Crippen molar-refractivity contribution in [3.05, 3.63) is 71.0 Å². The van der Waals surface area contributed by atoms with Crippen LogP contribution in [0.4, 0.5) is 0 Å². The van der Waals surface area contributed by atoms with E-state index in [-0.39, 0.29) is 35.3 Å². The summed E-state index contributed by atoms with van der Waals surface area (Å²) in [6.45, 7) is 4.41. The van der Waals surface area contributed by atoms with Gasteiger partial charge in [0, 0.05) is 23.6 Å². The number of carbonyl (C=O) groups is 3. The maximum atomic E-state index is 13.6. The first-order chi connectivity index (χ1) is 19.4. The first kappa shape index (κ1) is 28.6. The minimum absolute atomic E-state index is 0.0953. The third-order valence-corrected chi connectivity index (χ3v) is 8.76. The second kappa shape index (κ2) is 10.5. The van der Waals surface area contributed by atoms with Crippen LogP contribution in [0.15, 0.2) is 54.3 Å². The van der Waals surface area contributed by atoms with E-state index >= 15 is 0 Å². The standard InChI is InChI=1S/C30H33NO10/c1-16-9-10-19(32)25-23(16)29-13-14-31(3)17(2)30(29,38)12-11-21(26(29)41-25)39-28(37)24(18-7-5-4-6-8-18)40-22(34)15-20(33)27(35)36/h4-11,17,20,24,26,32-33,38H,12-15H2,1-3H3,(H,35,36)/t17-,20+,24+,26+,29+,30-/m1/s1. The zero-order valence-electron chi connectivity index (χ0n) is 22.9. The van der Waals surface area contributed by atoms with Crippen LogP contribution in [0.25, 0.3) is 0 Å². The molecule has 1 fully saturated rings. The Morgan fingerprint density at radius 1 is 1.17 bits per heavy atom. The van der Waals surface area contributed by atoms with Gasteiger partial charge in [0.1, 0.15) is 5.76 Å². The molecular weight excluding hydrogens is 534 g/mol. The Balaban J connectivity index is 1.51. The Kier molecular flexibility index (Phi) is 7.31. The normalized spacial score (nSPS) is 28.2. The van der Waals surface area contributed by atoms with E-state index in [2.05, 4.69) is 4.90 Å². The van der Waals surface area contributed by atoms with Gasteiger partial charge >= 0.3 is 17.9 Å². The number of likely N-dealkylation sites (tertiary alicyclic amines) is 1. The maximum Gasteiger partial charge on any atom is 0.357 e. The SMILES string of the molecule is Cc1ccc(O)c2c1[C@]13CCN(C)[C@H](C)[C@]1(O)CC=C(OC(=O)[C@@H](OC(=O)C[C@H](O)C(=O)O)c1ccccc1)[C@@H]3O2. The van der Waals surface area contributed by atoms with Crippen LogP contribution in [0.3, 0.4) is 0 Å². The molecule has 5 rings (SSSR count). The number of likely N-dealkylation sites (N-methyl/N-ethyl adjacent to an activating group) is 1. The van der Waals surface area contributed by atoms with E-state index in [9.17, 15) is 29.7 Å². The van der Waals surface area contributed by atoms with Gasteiger partial charge in [-0.25, -0.2) is 9.59 Å². The topological polar surface area (TPSA) is 163 Å². The predicted octanol–water partition coefficient (Wildman–Crippen LogP) is 2.11. The molecule has 0 radical (unpaired) electrons. The number of phenolic OH excluding ortho intramolecular Hbond substituents is 1. The summed E-state index contributed by atoms with van der Waals surface area (Å²) in [5.41, 5.74) is -0.624. The highest BCUT2D eigenvalue weighted by molar-refractivity contribution is 5.84. The number of aromatic hydroxyl groups is 1. The highest BCUT2D eigenvalue weighted by Crippen LogP contribution is 2.62. The average Bonchev–Trinajstić information content (AvgIpc) is 3.31. The third kappa shape index (κ3) is 4.54. The molecule has 0 saturated carbocycles. The fraction of sp³-hybridized carbons (Fsp3) is 0.433. The second-order valence-corrected chi connectivity index (χ2v) is 11.0. The first-order valence-electron chi connectivity index (χ1n) is 13.4. The van der Waals surface area contributed by atoms with Gasteiger partial charge in [-0.05, 0) is 51.6 Å². The van der Waals surface area contributed by atoms with E-state index in [1.807, 2.05) is 20.9 Å². The molecule has 2 aliphatic heterocycles. The summed E-state index contributed by atoms with van der Waals surface area (Å²) in [5, 5.41) is 41.6. The number of ether oxygens (including phenoxy) is 3. The van der Waals surface area contributed by atoms with Crippen molar-refractivity contribution in [2.45, 2.75) is 68.5 Å². The van der Waals surface area contributed by atoms with Gasteiger partial charge < -0.3 is 39.5 Å². The summed E-state index contributed by atoms with van der Waals surface area (Å²) in [6, 6.07) is 11.0. The van der Waals surface area contributed by atoms with Gasteiger partial charge in [0.2, 0.25) is 6.10 Å². The van der Waals surface area contributed by atoms with Gasteiger partial charge in [0.05, 0.1) is 17.4 Å². The number of fused-ring (bicyclic) bond motifs is 1. The molecule has 11 heteroatoms. The lowest BCUT2D eigenvalue weighted by Crippen LogP contribution is -2.71. The Morgan fingerprint density at radius 3 is 2.56 bits per heavy atom. The number of phenols is 1. The van der Waals surface area contributed by atoms with E-state index in [0.29, 0.717) is 18.5 Å². The number of hydrogen-bond donors (Lipinski definition) is 4. The lowest BCUT2D eigenvalue weighted by atomic mass is 9.54. The Hall–Kier alpha value is -3.93. The van der Waals surface area contributed by atoms with Crippen molar-refractivity contribution in [1.82, 2.24) is 4.90 Å². The monoisotopic (exact) mass is 567 g/mol. The van der Waals surface area contributed by atoms with Gasteiger partial charge in [-0.15, -0.1) is 0 Å². The van der Waals surface area contributed by atoms with E-state index in [0.717, 1.165) is 5.56 Å². The molecule has 11 nitrogen and oxygen atoms in total. The molecule has 1 aliphatic carbocycles. The van der Waals surface area contributed by atoms with E-state index in [1.54, 1.807) is 42.5 Å². The number of hydrogen-bond acceptors (Lipinski definition) is 10. The number of aliphatic hydroxyl groups is 2. The number of aliphatic hydroxyl groups excluding tert-OH is 1. The van der Waals surface area contributed by atoms with Crippen molar-refractivity contribution in [2.75, 3.05) is 13.6 Å². The van der Waals surface area contributed by atoms with Crippen molar-refractivity contribution < 1.29 is 49.0 Å². The lowest BCUT2D eigenvalue weighted by molar-refractivity contribution is -0.174. The van der Waals surface area contributed by atoms with Crippen LogP contribution in [-0.2, 0) is 29.3 Å². The lowest BCUT2D eigenvalue weighted by Gasteiger charge is -2.58. The van der Waals surface area contributed by atoms with Gasteiger partial charge in [0.25, 0.3) is 0 Å². The summed E-state index contributed by atoms with van der Waals surface area (Å²) in [7, 11) is 1.93. The molecule has 0 amide bonds. The molecule has 218 valence electrons. The minimum atomic E-state index is -2.00. The fourth-order valence-electron chi connectivity index (χ4n) is 6.48. The second-order valence-electron chi connectivity index (χ2n) is 11.0. The molecule has 4 N–H and O–H groups in total. The summed E-state index contributed by atoms with van der Waals surface area (Å²) >= 11 is 0. The van der Waals surface area contributed by atoms with Crippen LogP contribution in [0, 0.1) is 6.92 Å². The van der Waals surface area contributed by atoms with Gasteiger partial charge in [-0.3, -0.25) is 4.79 Å². The molecule has 2 aromatic rings. The number of benzene rings is 2. The highest BCUT2D eigenvalue weighted by Gasteiger charge is 2.69. The smallest absolute Gasteiger partial charge is 0.357 e. The number of rotatable bonds is 7. The summed E-state index contributed by atoms with van der Waals surface area (Å²) in [5.74, 6) is -3.44. The number of esters is 2. The van der Waals surface area contributed by atoms with Crippen molar-refractivity contribution in [3.8, 4) is 11.5 Å². The van der Waals surface area contributed by atoms with Crippen molar-refractivity contribution >= 4 is 17.9 Å². The van der Waals surface area contributed by atoms with Gasteiger partial charge in [-0.1, -0.05) is 36.4 Å². The van der Waals surface area contributed by atoms with Gasteiger partial charge in [-0.2, -0.15) is 0 Å². The number of carboxylic acid groups (broad SMARTS) is 1. The molecule has 0 bridgehead atoms. The first-order valence-corrected chi connectivity index (χ1v) is 13.4. The summed E-state index contributed by atoms with van der Waals surface area (Å²) in [6.07, 6.45) is -3.24. The number of carboxylic acids is 1. The molecule has 0 unspecified atom stereocenters. The molecule has 3 aliphatic rings. The number of piperidine rings is 1. The summed E-state index contributed by atoms with van der Waals surface area (Å²) < 4.78 is 17.5. The molecule has 2 aromatic carbocycles. The minimum Gasteiger partial charge on any atom is -0.504 e. The van der Waals surface area contributed by atoms with Crippen LogP contribution < -0.4 is 4.74 Å². The Morgan fingerprint density at radius 2 is 1.88 bits per heavy atom. The number of aliphatic carboxylic acids is 1. The van der Waals surface area contributed by atoms with Gasteiger partial charge in [0.15, 0.2) is 23.7 Å². The van der Waals surface area contributed by atoms with Crippen LogP contribution in [0.1, 0.15) is 49.0 Å². The van der Waals surface area contributed by atoms with Crippen LogP contribution in [-0.4, -0.2) is 80.7 Å². The quantitative estimate of drug-likeness (QED) is 0.362. The fourth-order valence-corrected chi connectivity index (χ4v) is 6.48. The molecular formula is C30H33NO10. The molecule has 1 spiro atoms.